The Morgan fingerprint density at radius 1 is 1.37 bits per heavy atom. The number of amides is 1. The van der Waals surface area contributed by atoms with Crippen LogP contribution in [0.4, 0.5) is 11.5 Å². The first-order chi connectivity index (χ1) is 9.19. The molecule has 6 nitrogen and oxygen atoms in total. The summed E-state index contributed by atoms with van der Waals surface area (Å²) in [5.74, 6) is 0.651. The molecular weight excluding hydrogens is 242 g/mol. The average Bonchev–Trinajstić information content (AvgIpc) is 2.46. The van der Waals surface area contributed by atoms with Crippen LogP contribution in [0.2, 0.25) is 0 Å². The Kier molecular flexibility index (Phi) is 4.57. The van der Waals surface area contributed by atoms with E-state index in [0.29, 0.717) is 12.2 Å². The summed E-state index contributed by atoms with van der Waals surface area (Å²) in [6.45, 7) is 4.69. The lowest BCUT2D eigenvalue weighted by Crippen LogP contribution is -2.47. The molecule has 0 spiro atoms. The van der Waals surface area contributed by atoms with Crippen molar-refractivity contribution in [3.05, 3.63) is 18.3 Å². The monoisotopic (exact) mass is 263 g/mol. The minimum absolute atomic E-state index is 0.102. The summed E-state index contributed by atoms with van der Waals surface area (Å²) < 4.78 is 0. The van der Waals surface area contributed by atoms with E-state index in [4.69, 9.17) is 5.73 Å². The van der Waals surface area contributed by atoms with Gasteiger partial charge in [0, 0.05) is 46.2 Å². The van der Waals surface area contributed by atoms with Crippen molar-refractivity contribution >= 4 is 17.4 Å². The zero-order chi connectivity index (χ0) is 13.7. The van der Waals surface area contributed by atoms with E-state index in [2.05, 4.69) is 20.1 Å². The van der Waals surface area contributed by atoms with Crippen molar-refractivity contribution < 1.29 is 4.79 Å². The molecule has 1 aromatic heterocycles. The molecule has 1 amide bonds. The Morgan fingerprint density at radius 3 is 2.68 bits per heavy atom. The number of hydrogen-bond donors (Lipinski definition) is 2. The molecule has 0 aromatic carbocycles. The Balaban J connectivity index is 1.79. The summed E-state index contributed by atoms with van der Waals surface area (Å²) in [6.07, 6.45) is 2.38. The van der Waals surface area contributed by atoms with Crippen molar-refractivity contribution in [1.82, 2.24) is 15.2 Å². The van der Waals surface area contributed by atoms with Crippen molar-refractivity contribution in [2.24, 2.45) is 0 Å². The maximum atomic E-state index is 11.2. The largest absolute Gasteiger partial charge is 0.384 e. The number of nitrogens with two attached hydrogens (primary N) is 1. The van der Waals surface area contributed by atoms with Crippen molar-refractivity contribution in [1.29, 1.82) is 0 Å². The molecule has 104 valence electrons. The molecular formula is C13H21N5O. The van der Waals surface area contributed by atoms with Gasteiger partial charge in [-0.15, -0.1) is 0 Å². The zero-order valence-electron chi connectivity index (χ0n) is 11.3. The number of nitrogen functional groups attached to an aromatic ring is 1. The van der Waals surface area contributed by atoms with Gasteiger partial charge in [0.2, 0.25) is 5.91 Å². The van der Waals surface area contributed by atoms with Gasteiger partial charge in [0.05, 0.1) is 11.9 Å². The first kappa shape index (κ1) is 13.6. The fraction of sp³-hybridized carbons (Fsp3) is 0.538. The molecule has 1 aromatic rings. The third-order valence-electron chi connectivity index (χ3n) is 3.44. The van der Waals surface area contributed by atoms with Crippen LogP contribution in [0.15, 0.2) is 18.3 Å². The van der Waals surface area contributed by atoms with E-state index in [0.717, 1.165) is 38.4 Å². The SMILES string of the molecule is CNC(=O)CCN1CCN(c2ccc(N)nc2)CC1. The molecule has 2 heterocycles. The smallest absolute Gasteiger partial charge is 0.221 e. The molecule has 1 aliphatic heterocycles. The van der Waals surface area contributed by atoms with Gasteiger partial charge in [-0.25, -0.2) is 4.98 Å². The molecule has 1 saturated heterocycles. The third-order valence-corrected chi connectivity index (χ3v) is 3.44. The van der Waals surface area contributed by atoms with Crippen molar-refractivity contribution in [2.45, 2.75) is 6.42 Å². The highest BCUT2D eigenvalue weighted by atomic mass is 16.1. The Morgan fingerprint density at radius 2 is 2.11 bits per heavy atom. The van der Waals surface area contributed by atoms with Crippen LogP contribution in [0.1, 0.15) is 6.42 Å². The number of carbonyl (C=O) groups is 1. The van der Waals surface area contributed by atoms with E-state index in [1.54, 1.807) is 7.05 Å². The normalized spacial score (nSPS) is 16.4. The molecule has 0 atom stereocenters. The highest BCUT2D eigenvalue weighted by Crippen LogP contribution is 2.16. The van der Waals surface area contributed by atoms with Gasteiger partial charge in [0.25, 0.3) is 0 Å². The first-order valence-corrected chi connectivity index (χ1v) is 6.58. The number of hydrogen-bond acceptors (Lipinski definition) is 5. The first-order valence-electron chi connectivity index (χ1n) is 6.58. The predicted octanol–water partition coefficient (Wildman–Crippen LogP) is -0.0781. The van der Waals surface area contributed by atoms with Crippen LogP contribution >= 0.6 is 0 Å². The molecule has 2 rings (SSSR count). The second-order valence-corrected chi connectivity index (χ2v) is 4.69. The summed E-state index contributed by atoms with van der Waals surface area (Å²) >= 11 is 0. The minimum Gasteiger partial charge on any atom is -0.384 e. The summed E-state index contributed by atoms with van der Waals surface area (Å²) in [7, 11) is 1.67. The number of carbonyl (C=O) groups excluding carboxylic acids is 1. The summed E-state index contributed by atoms with van der Waals surface area (Å²) in [6, 6.07) is 3.83. The van der Waals surface area contributed by atoms with E-state index in [1.807, 2.05) is 18.3 Å². The van der Waals surface area contributed by atoms with Crippen molar-refractivity contribution in [2.75, 3.05) is 50.4 Å². The topological polar surface area (TPSA) is 74.5 Å². The van der Waals surface area contributed by atoms with Crippen molar-refractivity contribution in [3.63, 3.8) is 0 Å². The van der Waals surface area contributed by atoms with Crippen LogP contribution < -0.4 is 16.0 Å². The molecule has 3 N–H and O–H groups in total. The highest BCUT2D eigenvalue weighted by molar-refractivity contribution is 5.75. The van der Waals surface area contributed by atoms with E-state index in [9.17, 15) is 4.79 Å². The fourth-order valence-electron chi connectivity index (χ4n) is 2.20. The zero-order valence-corrected chi connectivity index (χ0v) is 11.3. The number of nitrogens with zero attached hydrogens (tertiary/aromatic N) is 3. The van der Waals surface area contributed by atoms with E-state index in [1.165, 1.54) is 0 Å². The minimum atomic E-state index is 0.102. The van der Waals surface area contributed by atoms with Crippen LogP contribution in [0, 0.1) is 0 Å². The number of pyridine rings is 1. The molecule has 0 radical (unpaired) electrons. The quantitative estimate of drug-likeness (QED) is 0.795. The fourth-order valence-corrected chi connectivity index (χ4v) is 2.20. The Labute approximate surface area is 113 Å². The highest BCUT2D eigenvalue weighted by Gasteiger charge is 2.17. The second kappa shape index (κ2) is 6.38. The number of aromatic nitrogens is 1. The van der Waals surface area contributed by atoms with E-state index in [-0.39, 0.29) is 5.91 Å². The lowest BCUT2D eigenvalue weighted by atomic mass is 10.2. The molecule has 0 aliphatic carbocycles. The van der Waals surface area contributed by atoms with Crippen LogP contribution in [0.25, 0.3) is 0 Å². The van der Waals surface area contributed by atoms with Crippen LogP contribution in [-0.4, -0.2) is 55.6 Å². The van der Waals surface area contributed by atoms with Gasteiger partial charge in [-0.05, 0) is 12.1 Å². The lowest BCUT2D eigenvalue weighted by Gasteiger charge is -2.35. The molecule has 19 heavy (non-hydrogen) atoms. The summed E-state index contributed by atoms with van der Waals surface area (Å²) in [5.41, 5.74) is 6.69. The predicted molar refractivity (Wildman–Crippen MR) is 76.0 cm³/mol. The molecule has 0 unspecified atom stereocenters. The Bertz CT molecular complexity index is 412. The van der Waals surface area contributed by atoms with Gasteiger partial charge in [-0.3, -0.25) is 9.69 Å². The number of anilines is 2. The number of piperazine rings is 1. The van der Waals surface area contributed by atoms with E-state index < -0.39 is 0 Å². The van der Waals surface area contributed by atoms with Gasteiger partial charge < -0.3 is 16.0 Å². The molecule has 6 heteroatoms. The second-order valence-electron chi connectivity index (χ2n) is 4.69. The van der Waals surface area contributed by atoms with Gasteiger partial charge in [0.15, 0.2) is 0 Å². The Hall–Kier alpha value is -1.82. The molecule has 1 fully saturated rings. The third kappa shape index (κ3) is 3.82. The molecule has 1 aliphatic rings. The van der Waals surface area contributed by atoms with Gasteiger partial charge in [-0.1, -0.05) is 0 Å². The lowest BCUT2D eigenvalue weighted by molar-refractivity contribution is -0.120. The maximum absolute atomic E-state index is 11.2. The molecule has 0 saturated carbocycles. The van der Waals surface area contributed by atoms with E-state index >= 15 is 0 Å². The standard InChI is InChI=1S/C13H21N5O/c1-15-13(19)4-5-17-6-8-18(9-7-17)11-2-3-12(14)16-10-11/h2-3,10H,4-9H2,1H3,(H2,14,16)(H,15,19). The maximum Gasteiger partial charge on any atom is 0.221 e. The van der Waals surface area contributed by atoms with Crippen LogP contribution in [0.3, 0.4) is 0 Å². The molecule has 0 bridgehead atoms. The number of nitrogens with one attached hydrogen (secondary N) is 1. The van der Waals surface area contributed by atoms with Gasteiger partial charge in [0.1, 0.15) is 5.82 Å². The van der Waals surface area contributed by atoms with Crippen LogP contribution in [-0.2, 0) is 4.79 Å². The van der Waals surface area contributed by atoms with Gasteiger partial charge in [-0.2, -0.15) is 0 Å². The van der Waals surface area contributed by atoms with Crippen LogP contribution in [0.5, 0.6) is 0 Å². The summed E-state index contributed by atoms with van der Waals surface area (Å²) in [5, 5.41) is 2.65. The van der Waals surface area contributed by atoms with Gasteiger partial charge >= 0.3 is 0 Å². The summed E-state index contributed by atoms with van der Waals surface area (Å²) in [4.78, 5) is 19.9. The van der Waals surface area contributed by atoms with Crippen molar-refractivity contribution in [3.8, 4) is 0 Å². The average molecular weight is 263 g/mol. The number of rotatable bonds is 4.